The van der Waals surface area contributed by atoms with Crippen LogP contribution >= 0.6 is 12.6 Å². The zero-order valence-electron chi connectivity index (χ0n) is 22.2. The van der Waals surface area contributed by atoms with Crippen molar-refractivity contribution in [2.45, 2.75) is 83.1 Å². The summed E-state index contributed by atoms with van der Waals surface area (Å²) in [5.41, 5.74) is 16.3. The third kappa shape index (κ3) is 10.0. The van der Waals surface area contributed by atoms with Gasteiger partial charge in [0.25, 0.3) is 0 Å². The van der Waals surface area contributed by atoms with Crippen LogP contribution in [0, 0.1) is 5.92 Å². The van der Waals surface area contributed by atoms with Crippen LogP contribution in [0.15, 0.2) is 4.99 Å². The van der Waals surface area contributed by atoms with E-state index in [0.29, 0.717) is 32.2 Å². The topological polar surface area (TPSA) is 235 Å². The third-order valence-corrected chi connectivity index (χ3v) is 6.85. The monoisotopic (exact) mass is 558 g/mol. The molecule has 0 saturated carbocycles. The number of carbonyl (C=O) groups excluding carboxylic acids is 4. The maximum atomic E-state index is 13.2. The molecule has 0 aromatic carbocycles. The molecule has 15 heteroatoms. The lowest BCUT2D eigenvalue weighted by atomic mass is 9.98. The van der Waals surface area contributed by atoms with Crippen molar-refractivity contribution in [3.63, 3.8) is 0 Å². The number of amides is 4. The number of nitrogens with zero attached hydrogens (tertiary/aromatic N) is 2. The first-order chi connectivity index (χ1) is 17.8. The summed E-state index contributed by atoms with van der Waals surface area (Å²) in [7, 11) is 0. The molecule has 1 fully saturated rings. The maximum absolute atomic E-state index is 13.2. The molecule has 0 bridgehead atoms. The normalized spacial score (nSPS) is 18.9. The number of thiol groups is 1. The van der Waals surface area contributed by atoms with E-state index in [0.717, 1.165) is 0 Å². The Morgan fingerprint density at radius 2 is 1.76 bits per heavy atom. The molecule has 0 spiro atoms. The number of likely N-dealkylation sites (tertiary alicyclic amines) is 1. The summed E-state index contributed by atoms with van der Waals surface area (Å²) in [6.07, 6.45) is 1.90. The fourth-order valence-electron chi connectivity index (χ4n) is 3.99. The molecule has 0 radical (unpaired) electrons. The standard InChI is InChI=1S/C23H42N8O6S/c1-4-12(2)17(22(36)37)30-19(33)15(7-5-9-27-23(25)26)29-20(34)16-8-6-10-31(16)21(35)13(3)28-18(32)14(24)11-38/h12-17,38H,4-11,24H2,1-3H3,(H,28,32)(H,29,34)(H,30,33)(H,36,37)(H4,25,26,27)/t12-,13-,14-,15-,16-,17-/m0/s1. The van der Waals surface area contributed by atoms with E-state index in [4.69, 9.17) is 17.2 Å². The van der Waals surface area contributed by atoms with Crippen LogP contribution in [0.3, 0.4) is 0 Å². The summed E-state index contributed by atoms with van der Waals surface area (Å²) in [5.74, 6) is -3.74. The molecular formula is C23H42N8O6S. The zero-order chi connectivity index (χ0) is 29.0. The minimum Gasteiger partial charge on any atom is -0.480 e. The molecule has 10 N–H and O–H groups in total. The molecule has 1 heterocycles. The first-order valence-electron chi connectivity index (χ1n) is 12.7. The van der Waals surface area contributed by atoms with Crippen molar-refractivity contribution >= 4 is 48.2 Å². The Hall–Kier alpha value is -3.07. The van der Waals surface area contributed by atoms with Crippen molar-refractivity contribution in [1.82, 2.24) is 20.9 Å². The number of guanidine groups is 1. The number of carbonyl (C=O) groups is 5. The molecule has 0 aliphatic carbocycles. The van der Waals surface area contributed by atoms with E-state index in [1.165, 1.54) is 11.8 Å². The summed E-state index contributed by atoms with van der Waals surface area (Å²) in [4.78, 5) is 68.3. The molecule has 38 heavy (non-hydrogen) atoms. The van der Waals surface area contributed by atoms with Crippen molar-refractivity contribution in [2.75, 3.05) is 18.8 Å². The van der Waals surface area contributed by atoms with Gasteiger partial charge < -0.3 is 43.2 Å². The van der Waals surface area contributed by atoms with Crippen LogP contribution in [0.1, 0.15) is 52.9 Å². The van der Waals surface area contributed by atoms with E-state index in [1.54, 1.807) is 6.92 Å². The quantitative estimate of drug-likeness (QED) is 0.0474. The predicted molar refractivity (Wildman–Crippen MR) is 145 cm³/mol. The minimum absolute atomic E-state index is 0.105. The summed E-state index contributed by atoms with van der Waals surface area (Å²) in [6.45, 7) is 5.51. The first kappa shape index (κ1) is 33.0. The lowest BCUT2D eigenvalue weighted by Crippen LogP contribution is -2.58. The highest BCUT2D eigenvalue weighted by atomic mass is 32.1. The van der Waals surface area contributed by atoms with E-state index < -0.39 is 59.8 Å². The van der Waals surface area contributed by atoms with Crippen molar-refractivity contribution < 1.29 is 29.1 Å². The van der Waals surface area contributed by atoms with Gasteiger partial charge in [0.15, 0.2) is 5.96 Å². The largest absolute Gasteiger partial charge is 0.480 e. The molecule has 14 nitrogen and oxygen atoms in total. The Morgan fingerprint density at radius 3 is 2.32 bits per heavy atom. The first-order valence-corrected chi connectivity index (χ1v) is 13.3. The number of hydrogen-bond acceptors (Lipinski definition) is 8. The van der Waals surface area contributed by atoms with Crippen LogP contribution in [0.4, 0.5) is 0 Å². The van der Waals surface area contributed by atoms with E-state index in [2.05, 4.69) is 33.6 Å². The van der Waals surface area contributed by atoms with E-state index in [9.17, 15) is 29.1 Å². The number of carboxylic acids is 1. The summed E-state index contributed by atoms with van der Waals surface area (Å²) in [6, 6.07) is -4.88. The van der Waals surface area contributed by atoms with E-state index in [-0.39, 0.29) is 30.6 Å². The molecule has 0 aromatic heterocycles. The van der Waals surface area contributed by atoms with Gasteiger partial charge in [0.1, 0.15) is 24.2 Å². The van der Waals surface area contributed by atoms with Gasteiger partial charge in [-0.15, -0.1) is 0 Å². The van der Waals surface area contributed by atoms with Gasteiger partial charge in [0, 0.05) is 18.8 Å². The Kier molecular flexibility index (Phi) is 13.9. The fraction of sp³-hybridized carbons (Fsp3) is 0.739. The zero-order valence-corrected chi connectivity index (χ0v) is 23.1. The minimum atomic E-state index is -1.18. The van der Waals surface area contributed by atoms with Gasteiger partial charge in [0.2, 0.25) is 23.6 Å². The molecule has 4 amide bonds. The Bertz CT molecular complexity index is 884. The van der Waals surface area contributed by atoms with Crippen molar-refractivity contribution in [3.05, 3.63) is 0 Å². The average molecular weight is 559 g/mol. The second-order valence-corrected chi connectivity index (χ2v) is 9.79. The van der Waals surface area contributed by atoms with Gasteiger partial charge in [-0.2, -0.15) is 12.6 Å². The molecule has 6 atom stereocenters. The van der Waals surface area contributed by atoms with Crippen LogP contribution < -0.4 is 33.2 Å². The van der Waals surface area contributed by atoms with Crippen molar-refractivity contribution in [3.8, 4) is 0 Å². The Labute approximate surface area is 228 Å². The lowest BCUT2D eigenvalue weighted by molar-refractivity contribution is -0.144. The van der Waals surface area contributed by atoms with E-state index in [1.807, 2.05) is 6.92 Å². The second kappa shape index (κ2) is 16.0. The predicted octanol–water partition coefficient (Wildman–Crippen LogP) is -2.11. The van der Waals surface area contributed by atoms with Crippen molar-refractivity contribution in [2.24, 2.45) is 28.1 Å². The summed E-state index contributed by atoms with van der Waals surface area (Å²) in [5, 5.41) is 17.3. The van der Waals surface area contributed by atoms with Crippen LogP contribution in [-0.4, -0.2) is 94.6 Å². The molecule has 1 aliphatic heterocycles. The number of nitrogens with one attached hydrogen (secondary N) is 3. The van der Waals surface area contributed by atoms with Crippen LogP contribution in [0.5, 0.6) is 0 Å². The molecular weight excluding hydrogens is 516 g/mol. The van der Waals surface area contributed by atoms with Gasteiger partial charge >= 0.3 is 5.97 Å². The molecule has 1 aliphatic rings. The number of nitrogens with two attached hydrogens (primary N) is 3. The van der Waals surface area contributed by atoms with Crippen LogP contribution in [-0.2, 0) is 24.0 Å². The highest BCUT2D eigenvalue weighted by Gasteiger charge is 2.38. The third-order valence-electron chi connectivity index (χ3n) is 6.46. The van der Waals surface area contributed by atoms with Gasteiger partial charge in [0.05, 0.1) is 6.04 Å². The van der Waals surface area contributed by atoms with Gasteiger partial charge in [-0.1, -0.05) is 20.3 Å². The highest BCUT2D eigenvalue weighted by molar-refractivity contribution is 7.80. The van der Waals surface area contributed by atoms with Crippen LogP contribution in [0.25, 0.3) is 0 Å². The molecule has 1 rings (SSSR count). The Morgan fingerprint density at radius 1 is 1.11 bits per heavy atom. The van der Waals surface area contributed by atoms with E-state index >= 15 is 0 Å². The molecule has 1 saturated heterocycles. The fourth-order valence-corrected chi connectivity index (χ4v) is 4.16. The lowest BCUT2D eigenvalue weighted by Gasteiger charge is -2.29. The van der Waals surface area contributed by atoms with Gasteiger partial charge in [-0.3, -0.25) is 24.2 Å². The highest BCUT2D eigenvalue weighted by Crippen LogP contribution is 2.19. The smallest absolute Gasteiger partial charge is 0.326 e. The number of hydrogen-bond donors (Lipinski definition) is 8. The average Bonchev–Trinajstić information content (AvgIpc) is 3.36. The second-order valence-electron chi connectivity index (χ2n) is 9.43. The number of aliphatic imine (C=N–C) groups is 1. The maximum Gasteiger partial charge on any atom is 0.326 e. The number of aliphatic carboxylic acids is 1. The summed E-state index contributed by atoms with van der Waals surface area (Å²) < 4.78 is 0. The molecule has 216 valence electrons. The van der Waals surface area contributed by atoms with Crippen molar-refractivity contribution in [1.29, 1.82) is 0 Å². The Balaban J connectivity index is 3.00. The number of rotatable bonds is 15. The molecule has 0 unspecified atom stereocenters. The van der Waals surface area contributed by atoms with Crippen LogP contribution in [0.2, 0.25) is 0 Å². The van der Waals surface area contributed by atoms with Gasteiger partial charge in [-0.05, 0) is 38.5 Å². The molecule has 0 aromatic rings. The number of carboxylic acid groups (broad SMARTS) is 1. The SMILES string of the molecule is CC[C@H](C)[C@H](NC(=O)[C@H](CCCN=C(N)N)NC(=O)[C@@H]1CCCN1C(=O)[C@H](C)NC(=O)[C@@H](N)CS)C(=O)O. The van der Waals surface area contributed by atoms with Gasteiger partial charge in [-0.25, -0.2) is 4.79 Å². The summed E-state index contributed by atoms with van der Waals surface area (Å²) >= 11 is 3.98.